The Hall–Kier alpha value is -1.51. The summed E-state index contributed by atoms with van der Waals surface area (Å²) in [5.74, 6) is 0.693. The average molecular weight is 259 g/mol. The zero-order valence-corrected chi connectivity index (χ0v) is 12.7. The molecule has 0 aromatic heterocycles. The van der Waals surface area contributed by atoms with Crippen molar-refractivity contribution in [1.29, 1.82) is 0 Å². The van der Waals surface area contributed by atoms with E-state index in [0.717, 1.165) is 13.0 Å². The topological polar surface area (TPSA) is 41.6 Å². The Bertz CT molecular complexity index is 482. The fourth-order valence-electron chi connectivity index (χ4n) is 3.19. The van der Waals surface area contributed by atoms with Gasteiger partial charge >= 0.3 is 0 Å². The van der Waals surface area contributed by atoms with Gasteiger partial charge in [-0.3, -0.25) is 4.99 Å². The molecule has 0 spiro atoms. The van der Waals surface area contributed by atoms with Gasteiger partial charge in [-0.2, -0.15) is 0 Å². The highest BCUT2D eigenvalue weighted by molar-refractivity contribution is 5.81. The second-order valence-electron chi connectivity index (χ2n) is 5.69. The van der Waals surface area contributed by atoms with Crippen LogP contribution < -0.4 is 5.73 Å². The van der Waals surface area contributed by atoms with Crippen molar-refractivity contribution in [3.8, 4) is 0 Å². The number of aryl methyl sites for hydroxylation is 3. The Morgan fingerprint density at radius 2 is 1.89 bits per heavy atom. The minimum absolute atomic E-state index is 0.301. The number of hydrogen-bond donors (Lipinski definition) is 1. The Balaban J connectivity index is 2.42. The fraction of sp³-hybridized carbons (Fsp3) is 0.562. The molecule has 2 atom stereocenters. The van der Waals surface area contributed by atoms with Crippen LogP contribution in [-0.4, -0.2) is 23.4 Å². The molecular formula is C16H25N3. The van der Waals surface area contributed by atoms with Gasteiger partial charge in [0.15, 0.2) is 5.96 Å². The number of nitrogens with zero attached hydrogens (tertiary/aromatic N) is 2. The first-order chi connectivity index (χ1) is 8.95. The molecule has 1 aromatic carbocycles. The van der Waals surface area contributed by atoms with E-state index in [0.29, 0.717) is 18.0 Å². The maximum Gasteiger partial charge on any atom is 0.192 e. The molecule has 1 aromatic rings. The number of hydrogen-bond acceptors (Lipinski definition) is 3. The minimum atomic E-state index is 0.301. The summed E-state index contributed by atoms with van der Waals surface area (Å²) < 4.78 is 0. The second-order valence-corrected chi connectivity index (χ2v) is 5.69. The Morgan fingerprint density at radius 3 is 2.42 bits per heavy atom. The van der Waals surface area contributed by atoms with Crippen LogP contribution in [0.3, 0.4) is 0 Å². The fourth-order valence-corrected chi connectivity index (χ4v) is 3.19. The summed E-state index contributed by atoms with van der Waals surface area (Å²) in [5, 5.41) is 0. The van der Waals surface area contributed by atoms with Gasteiger partial charge in [0, 0.05) is 6.04 Å². The highest BCUT2D eigenvalue weighted by atomic mass is 15.3. The van der Waals surface area contributed by atoms with Crippen molar-refractivity contribution < 1.29 is 0 Å². The molecule has 0 saturated heterocycles. The molecule has 0 aliphatic carbocycles. The summed E-state index contributed by atoms with van der Waals surface area (Å²) in [6.45, 7) is 11.7. The molecular weight excluding hydrogens is 234 g/mol. The standard InChI is InChI=1S/C16H25N3/c1-6-13(5)19-14(9-18-16(19)17)15-11(3)7-10(2)8-12(15)4/h7-8,13-14H,6,9H2,1-5H3,(H2,17,18). The lowest BCUT2D eigenvalue weighted by atomic mass is 9.93. The first kappa shape index (κ1) is 13.9. The van der Waals surface area contributed by atoms with Gasteiger partial charge in [0.2, 0.25) is 0 Å². The zero-order valence-electron chi connectivity index (χ0n) is 12.7. The van der Waals surface area contributed by atoms with Gasteiger partial charge in [-0.1, -0.05) is 24.6 Å². The van der Waals surface area contributed by atoms with Crippen molar-refractivity contribution in [2.24, 2.45) is 10.7 Å². The molecule has 0 amide bonds. The minimum Gasteiger partial charge on any atom is -0.370 e. The van der Waals surface area contributed by atoms with Crippen LogP contribution in [0.1, 0.15) is 48.6 Å². The van der Waals surface area contributed by atoms with E-state index in [4.69, 9.17) is 5.73 Å². The van der Waals surface area contributed by atoms with Gasteiger partial charge in [0.05, 0.1) is 12.6 Å². The molecule has 19 heavy (non-hydrogen) atoms. The molecule has 2 unspecified atom stereocenters. The Labute approximate surface area is 116 Å². The SMILES string of the molecule is CCC(C)N1C(N)=NCC1c1c(C)cc(C)cc1C. The molecule has 0 bridgehead atoms. The van der Waals surface area contributed by atoms with Gasteiger partial charge in [-0.25, -0.2) is 0 Å². The summed E-state index contributed by atoms with van der Waals surface area (Å²) >= 11 is 0. The summed E-state index contributed by atoms with van der Waals surface area (Å²) in [7, 11) is 0. The van der Waals surface area contributed by atoms with E-state index in [9.17, 15) is 0 Å². The zero-order chi connectivity index (χ0) is 14.2. The third-order valence-corrected chi connectivity index (χ3v) is 4.16. The van der Waals surface area contributed by atoms with Crippen LogP contribution in [0, 0.1) is 20.8 Å². The first-order valence-corrected chi connectivity index (χ1v) is 7.11. The normalized spacial score (nSPS) is 20.6. The van der Waals surface area contributed by atoms with E-state index >= 15 is 0 Å². The summed E-state index contributed by atoms with van der Waals surface area (Å²) in [5.41, 5.74) is 11.5. The molecule has 0 saturated carbocycles. The van der Waals surface area contributed by atoms with Crippen LogP contribution in [0.15, 0.2) is 17.1 Å². The molecule has 3 heteroatoms. The van der Waals surface area contributed by atoms with Crippen LogP contribution in [0.2, 0.25) is 0 Å². The predicted octanol–water partition coefficient (Wildman–Crippen LogP) is 3.08. The third kappa shape index (κ3) is 2.46. The number of nitrogens with two attached hydrogens (primary N) is 1. The number of aliphatic imine (C=N–C) groups is 1. The number of benzene rings is 1. The quantitative estimate of drug-likeness (QED) is 0.906. The van der Waals surface area contributed by atoms with Crippen LogP contribution in [0.25, 0.3) is 0 Å². The molecule has 1 aliphatic rings. The second kappa shape index (κ2) is 5.24. The van der Waals surface area contributed by atoms with Crippen LogP contribution >= 0.6 is 0 Å². The molecule has 2 rings (SSSR count). The van der Waals surface area contributed by atoms with E-state index in [1.165, 1.54) is 22.3 Å². The van der Waals surface area contributed by atoms with Gasteiger partial charge in [-0.05, 0) is 50.8 Å². The van der Waals surface area contributed by atoms with Gasteiger partial charge < -0.3 is 10.6 Å². The number of rotatable bonds is 3. The van der Waals surface area contributed by atoms with Crippen LogP contribution in [0.4, 0.5) is 0 Å². The molecule has 3 nitrogen and oxygen atoms in total. The third-order valence-electron chi connectivity index (χ3n) is 4.16. The first-order valence-electron chi connectivity index (χ1n) is 7.11. The number of guanidine groups is 1. The molecule has 0 fully saturated rings. The van der Waals surface area contributed by atoms with E-state index < -0.39 is 0 Å². The molecule has 2 N–H and O–H groups in total. The van der Waals surface area contributed by atoms with Crippen molar-refractivity contribution in [3.05, 3.63) is 34.4 Å². The Morgan fingerprint density at radius 1 is 1.32 bits per heavy atom. The van der Waals surface area contributed by atoms with Crippen molar-refractivity contribution >= 4 is 5.96 Å². The van der Waals surface area contributed by atoms with E-state index in [1.54, 1.807) is 0 Å². The molecule has 0 radical (unpaired) electrons. The maximum atomic E-state index is 6.09. The van der Waals surface area contributed by atoms with Gasteiger partial charge in [-0.15, -0.1) is 0 Å². The summed E-state index contributed by atoms with van der Waals surface area (Å²) in [6, 6.07) is 5.24. The lowest BCUT2D eigenvalue weighted by molar-refractivity contribution is 0.267. The molecule has 1 aliphatic heterocycles. The largest absolute Gasteiger partial charge is 0.370 e. The van der Waals surface area contributed by atoms with Gasteiger partial charge in [0.25, 0.3) is 0 Å². The predicted molar refractivity (Wildman–Crippen MR) is 81.5 cm³/mol. The van der Waals surface area contributed by atoms with Crippen LogP contribution in [0.5, 0.6) is 0 Å². The molecule has 1 heterocycles. The summed E-state index contributed by atoms with van der Waals surface area (Å²) in [6.07, 6.45) is 1.08. The van der Waals surface area contributed by atoms with Crippen molar-refractivity contribution in [2.75, 3.05) is 6.54 Å². The van der Waals surface area contributed by atoms with Crippen molar-refractivity contribution in [3.63, 3.8) is 0 Å². The highest BCUT2D eigenvalue weighted by Gasteiger charge is 2.32. The van der Waals surface area contributed by atoms with E-state index in [-0.39, 0.29) is 0 Å². The van der Waals surface area contributed by atoms with E-state index in [1.807, 2.05) is 0 Å². The van der Waals surface area contributed by atoms with Gasteiger partial charge in [0.1, 0.15) is 0 Å². The lowest BCUT2D eigenvalue weighted by Crippen LogP contribution is -2.42. The maximum absolute atomic E-state index is 6.09. The smallest absolute Gasteiger partial charge is 0.192 e. The summed E-state index contributed by atoms with van der Waals surface area (Å²) in [4.78, 5) is 6.75. The molecule has 104 valence electrons. The Kier molecular flexibility index (Phi) is 3.83. The van der Waals surface area contributed by atoms with Crippen molar-refractivity contribution in [1.82, 2.24) is 4.90 Å². The lowest BCUT2D eigenvalue weighted by Gasteiger charge is -2.33. The highest BCUT2D eigenvalue weighted by Crippen LogP contribution is 2.33. The monoisotopic (exact) mass is 259 g/mol. The van der Waals surface area contributed by atoms with Crippen LogP contribution in [-0.2, 0) is 0 Å². The van der Waals surface area contributed by atoms with Crippen molar-refractivity contribution in [2.45, 2.75) is 53.1 Å². The average Bonchev–Trinajstić information content (AvgIpc) is 2.69. The van der Waals surface area contributed by atoms with E-state index in [2.05, 4.69) is 56.6 Å².